The fraction of sp³-hybridized carbons (Fsp3) is 0.300. The predicted octanol–water partition coefficient (Wildman–Crippen LogP) is 2.65. The fourth-order valence-corrected chi connectivity index (χ4v) is 1.30. The van der Waals surface area contributed by atoms with E-state index in [2.05, 4.69) is 0 Å². The fourth-order valence-electron chi connectivity index (χ4n) is 1.09. The zero-order valence-electron chi connectivity index (χ0n) is 8.00. The Hall–Kier alpha value is -1.22. The Kier molecular flexibility index (Phi) is 3.36. The molecule has 0 aromatic heterocycles. The van der Waals surface area contributed by atoms with E-state index in [1.165, 1.54) is 19.1 Å². The molecule has 0 fully saturated rings. The summed E-state index contributed by atoms with van der Waals surface area (Å²) in [6, 6.07) is 2.76. The van der Waals surface area contributed by atoms with Gasteiger partial charge in [-0.05, 0) is 19.9 Å². The summed E-state index contributed by atoms with van der Waals surface area (Å²) in [5.74, 6) is 0.0724. The van der Waals surface area contributed by atoms with Gasteiger partial charge in [-0.2, -0.15) is 0 Å². The average molecular weight is 215 g/mol. The van der Waals surface area contributed by atoms with Gasteiger partial charge in [-0.25, -0.2) is 0 Å². The van der Waals surface area contributed by atoms with Gasteiger partial charge in [0.1, 0.15) is 11.5 Å². The first-order chi connectivity index (χ1) is 6.56. The van der Waals surface area contributed by atoms with Crippen LogP contribution in [0.5, 0.6) is 11.5 Å². The molecular formula is C10H11ClO3. The Bertz CT molecular complexity index is 361. The molecule has 14 heavy (non-hydrogen) atoms. The number of ether oxygens (including phenoxy) is 1. The lowest BCUT2D eigenvalue weighted by molar-refractivity contribution is 0.101. The van der Waals surface area contributed by atoms with Crippen LogP contribution < -0.4 is 4.74 Å². The summed E-state index contributed by atoms with van der Waals surface area (Å²) >= 11 is 5.79. The largest absolute Gasteiger partial charge is 0.507 e. The van der Waals surface area contributed by atoms with Crippen LogP contribution >= 0.6 is 11.6 Å². The van der Waals surface area contributed by atoms with Crippen molar-refractivity contribution in [1.29, 1.82) is 0 Å². The van der Waals surface area contributed by atoms with Gasteiger partial charge in [0.15, 0.2) is 5.78 Å². The van der Waals surface area contributed by atoms with Crippen LogP contribution in [-0.4, -0.2) is 17.5 Å². The zero-order chi connectivity index (χ0) is 10.7. The molecule has 0 aliphatic carbocycles. The smallest absolute Gasteiger partial charge is 0.163 e. The first-order valence-electron chi connectivity index (χ1n) is 4.22. The van der Waals surface area contributed by atoms with Crippen LogP contribution in [0.15, 0.2) is 12.1 Å². The molecular weight excluding hydrogens is 204 g/mol. The monoisotopic (exact) mass is 214 g/mol. The first-order valence-corrected chi connectivity index (χ1v) is 4.60. The molecule has 1 rings (SSSR count). The Labute approximate surface area is 87.3 Å². The molecule has 0 heterocycles. The molecule has 3 nitrogen and oxygen atoms in total. The minimum Gasteiger partial charge on any atom is -0.507 e. The van der Waals surface area contributed by atoms with E-state index in [0.29, 0.717) is 17.4 Å². The van der Waals surface area contributed by atoms with E-state index in [-0.39, 0.29) is 17.1 Å². The Morgan fingerprint density at radius 3 is 2.71 bits per heavy atom. The third-order valence-electron chi connectivity index (χ3n) is 1.73. The molecule has 0 atom stereocenters. The molecule has 0 aliphatic heterocycles. The van der Waals surface area contributed by atoms with Crippen molar-refractivity contribution in [2.75, 3.05) is 6.61 Å². The second-order valence-electron chi connectivity index (χ2n) is 2.79. The summed E-state index contributed by atoms with van der Waals surface area (Å²) in [6.07, 6.45) is 0. The molecule has 0 radical (unpaired) electrons. The molecule has 1 aromatic rings. The molecule has 0 bridgehead atoms. The van der Waals surface area contributed by atoms with E-state index in [9.17, 15) is 9.90 Å². The van der Waals surface area contributed by atoms with Crippen LogP contribution in [-0.2, 0) is 0 Å². The molecule has 1 N–H and O–H groups in total. The second kappa shape index (κ2) is 4.33. The molecule has 0 unspecified atom stereocenters. The van der Waals surface area contributed by atoms with E-state index < -0.39 is 0 Å². The highest BCUT2D eigenvalue weighted by Crippen LogP contribution is 2.32. The predicted molar refractivity (Wildman–Crippen MR) is 54.3 cm³/mol. The molecule has 1 aromatic carbocycles. The van der Waals surface area contributed by atoms with Gasteiger partial charge in [0, 0.05) is 6.07 Å². The molecule has 0 saturated carbocycles. The van der Waals surface area contributed by atoms with Crippen LogP contribution in [0.4, 0.5) is 0 Å². The van der Waals surface area contributed by atoms with Crippen molar-refractivity contribution in [3.63, 3.8) is 0 Å². The van der Waals surface area contributed by atoms with E-state index in [1.54, 1.807) is 0 Å². The minimum atomic E-state index is -0.222. The lowest BCUT2D eigenvalue weighted by atomic mass is 10.1. The summed E-state index contributed by atoms with van der Waals surface area (Å²) < 4.78 is 5.19. The van der Waals surface area contributed by atoms with Gasteiger partial charge in [-0.15, -0.1) is 0 Å². The highest BCUT2D eigenvalue weighted by atomic mass is 35.5. The molecule has 0 saturated heterocycles. The van der Waals surface area contributed by atoms with Crippen LogP contribution in [0.2, 0.25) is 5.02 Å². The highest BCUT2D eigenvalue weighted by Gasteiger charge is 2.11. The average Bonchev–Trinajstić information content (AvgIpc) is 2.09. The number of halogens is 1. The normalized spacial score (nSPS) is 9.93. The van der Waals surface area contributed by atoms with Crippen molar-refractivity contribution in [1.82, 2.24) is 0 Å². The van der Waals surface area contributed by atoms with E-state index in [0.717, 1.165) is 0 Å². The number of rotatable bonds is 3. The highest BCUT2D eigenvalue weighted by molar-refractivity contribution is 6.32. The number of aromatic hydroxyl groups is 1. The summed E-state index contributed by atoms with van der Waals surface area (Å²) in [5.41, 5.74) is 0.220. The molecule has 4 heteroatoms. The van der Waals surface area contributed by atoms with Crippen molar-refractivity contribution in [3.05, 3.63) is 22.7 Å². The number of carbonyl (C=O) groups is 1. The minimum absolute atomic E-state index is 0.119. The van der Waals surface area contributed by atoms with E-state index in [1.807, 2.05) is 6.92 Å². The summed E-state index contributed by atoms with van der Waals surface area (Å²) in [5, 5.41) is 9.69. The van der Waals surface area contributed by atoms with Crippen molar-refractivity contribution in [2.24, 2.45) is 0 Å². The van der Waals surface area contributed by atoms with Gasteiger partial charge < -0.3 is 9.84 Å². The lowest BCUT2D eigenvalue weighted by Crippen LogP contribution is -1.97. The summed E-state index contributed by atoms with van der Waals surface area (Å²) in [7, 11) is 0. The topological polar surface area (TPSA) is 46.5 Å². The number of Topliss-reactive ketones (excluding diaryl/α,β-unsaturated/α-hetero) is 1. The summed E-state index contributed by atoms with van der Waals surface area (Å²) in [6.45, 7) is 3.65. The Morgan fingerprint density at radius 2 is 2.21 bits per heavy atom. The standard InChI is InChI=1S/C10H11ClO3/c1-3-14-10-4-7(6(2)12)9(13)5-8(10)11/h4-5,13H,3H2,1-2H3. The number of carbonyl (C=O) groups excluding carboxylic acids is 1. The van der Waals surface area contributed by atoms with Gasteiger partial charge >= 0.3 is 0 Å². The molecule has 76 valence electrons. The summed E-state index contributed by atoms with van der Waals surface area (Å²) in [4.78, 5) is 11.1. The number of phenols is 1. The SMILES string of the molecule is CCOc1cc(C(C)=O)c(O)cc1Cl. The first kappa shape index (κ1) is 10.9. The maximum atomic E-state index is 11.1. The number of hydrogen-bond donors (Lipinski definition) is 1. The number of benzene rings is 1. The molecule has 0 amide bonds. The number of ketones is 1. The third-order valence-corrected chi connectivity index (χ3v) is 2.02. The van der Waals surface area contributed by atoms with Gasteiger partial charge in [-0.1, -0.05) is 11.6 Å². The Balaban J connectivity index is 3.20. The quantitative estimate of drug-likeness (QED) is 0.787. The van der Waals surface area contributed by atoms with Gasteiger partial charge in [0.25, 0.3) is 0 Å². The number of hydrogen-bond acceptors (Lipinski definition) is 3. The van der Waals surface area contributed by atoms with Crippen LogP contribution in [0.3, 0.4) is 0 Å². The second-order valence-corrected chi connectivity index (χ2v) is 3.20. The molecule has 0 aliphatic rings. The maximum absolute atomic E-state index is 11.1. The van der Waals surface area contributed by atoms with Crippen molar-refractivity contribution >= 4 is 17.4 Å². The van der Waals surface area contributed by atoms with Crippen LogP contribution in [0.25, 0.3) is 0 Å². The molecule has 0 spiro atoms. The van der Waals surface area contributed by atoms with E-state index >= 15 is 0 Å². The zero-order valence-corrected chi connectivity index (χ0v) is 8.76. The third kappa shape index (κ3) is 2.17. The lowest BCUT2D eigenvalue weighted by Gasteiger charge is -2.08. The van der Waals surface area contributed by atoms with Gasteiger partial charge in [0.2, 0.25) is 0 Å². The van der Waals surface area contributed by atoms with Gasteiger partial charge in [-0.3, -0.25) is 4.79 Å². The maximum Gasteiger partial charge on any atom is 0.163 e. The Morgan fingerprint density at radius 1 is 1.57 bits per heavy atom. The van der Waals surface area contributed by atoms with Crippen LogP contribution in [0, 0.1) is 0 Å². The van der Waals surface area contributed by atoms with Gasteiger partial charge in [0.05, 0.1) is 17.2 Å². The van der Waals surface area contributed by atoms with Crippen molar-refractivity contribution in [2.45, 2.75) is 13.8 Å². The van der Waals surface area contributed by atoms with E-state index in [4.69, 9.17) is 16.3 Å². The number of phenolic OH excluding ortho intramolecular Hbond substituents is 1. The van der Waals surface area contributed by atoms with Crippen molar-refractivity contribution < 1.29 is 14.6 Å². The van der Waals surface area contributed by atoms with Crippen LogP contribution in [0.1, 0.15) is 24.2 Å². The van der Waals surface area contributed by atoms with Crippen molar-refractivity contribution in [3.8, 4) is 11.5 Å².